The van der Waals surface area contributed by atoms with Gasteiger partial charge in [0.15, 0.2) is 0 Å². The van der Waals surface area contributed by atoms with Gasteiger partial charge in [0.25, 0.3) is 50.6 Å². The predicted octanol–water partition coefficient (Wildman–Crippen LogP) is 10.2. The molecule has 0 fully saturated rings. The van der Waals surface area contributed by atoms with E-state index in [1.165, 1.54) is 54.6 Å². The molecule has 0 radical (unpaired) electrons. The van der Waals surface area contributed by atoms with Crippen molar-refractivity contribution in [2.24, 2.45) is 40.9 Å². The van der Waals surface area contributed by atoms with Crippen LogP contribution in [-0.4, -0.2) is 92.1 Å². The van der Waals surface area contributed by atoms with Gasteiger partial charge in [0, 0.05) is 17.9 Å². The second-order valence-electron chi connectivity index (χ2n) is 16.0. The number of aromatic nitrogens is 3. The van der Waals surface area contributed by atoms with Crippen LogP contribution in [0.3, 0.4) is 0 Å². The maximum Gasteiger partial charge on any atom is 0.296 e. The fourth-order valence-corrected chi connectivity index (χ4v) is 9.14. The lowest BCUT2D eigenvalue weighted by Crippen LogP contribution is -2.17. The summed E-state index contributed by atoms with van der Waals surface area (Å²) >= 11 is 0. The van der Waals surface area contributed by atoms with Crippen molar-refractivity contribution in [3.05, 3.63) is 132 Å². The van der Waals surface area contributed by atoms with Crippen molar-refractivity contribution in [1.82, 2.24) is 15.0 Å². The molecular formula is C44H40N14O15S5. The molecule has 7 aromatic rings. The molecular weight excluding hydrogens is 1120 g/mol. The first-order valence-electron chi connectivity index (χ1n) is 21.9. The Morgan fingerprint density at radius 1 is 0.423 bits per heavy atom. The summed E-state index contributed by atoms with van der Waals surface area (Å²) in [6.07, 6.45) is 0.380. The zero-order chi connectivity index (χ0) is 56.6. The minimum atomic E-state index is -4.88. The van der Waals surface area contributed by atoms with Gasteiger partial charge in [0.05, 0.1) is 49.7 Å². The van der Waals surface area contributed by atoms with Crippen molar-refractivity contribution in [3.63, 3.8) is 0 Å². The molecule has 34 heteroatoms. The lowest BCUT2D eigenvalue weighted by Gasteiger charge is -2.13. The van der Waals surface area contributed by atoms with E-state index in [1.54, 1.807) is 37.3 Å². The van der Waals surface area contributed by atoms with Gasteiger partial charge in [-0.3, -0.25) is 22.8 Å². The second-order valence-corrected chi connectivity index (χ2v) is 23.2. The van der Waals surface area contributed by atoms with Gasteiger partial charge in [-0.1, -0.05) is 6.92 Å². The van der Waals surface area contributed by atoms with Crippen LogP contribution in [0.2, 0.25) is 0 Å². The lowest BCUT2D eigenvalue weighted by molar-refractivity contribution is 0.481. The highest BCUT2D eigenvalue weighted by molar-refractivity contribution is 7.87. The van der Waals surface area contributed by atoms with Gasteiger partial charge < -0.3 is 16.0 Å². The Hall–Kier alpha value is -8.32. The maximum absolute atomic E-state index is 12.4. The molecule has 8 N–H and O–H groups in total. The first-order valence-corrected chi connectivity index (χ1v) is 29.2. The van der Waals surface area contributed by atoms with Crippen LogP contribution in [-0.2, 0) is 57.0 Å². The fourth-order valence-electron chi connectivity index (χ4n) is 6.53. The Balaban J connectivity index is 1.08. The molecule has 0 amide bonds. The molecule has 0 atom stereocenters. The number of anilines is 5. The Morgan fingerprint density at radius 3 is 1.23 bits per heavy atom. The molecule has 1 aromatic heterocycles. The standard InChI is InChI=1S/C44H40N14O15S5/c1-3-27-23-31(9-17-37(27)56-58-39-19-11-33(25-41(39)78(71,72)73)54-52-29-6-14-35(15-7-29)76(65,66)67)47-44-49-42(45-20-21-74(59,60)61)48-43(50-44)46-30-8-16-36(26(2)22-30)55-57-38-18-10-32(24-40(38)77(68,69)70)53-51-28-4-12-34(13-5-28)75(62,63)64/h4-19,22-25H,3,20-21H2,1-2H3,(H,59,60,61)(H,62,63,64)(H,65,66,67)(H,68,69,70)(H,71,72,73)(H3,45,46,47,48,49,50). The first-order chi connectivity index (χ1) is 36.6. The van der Waals surface area contributed by atoms with E-state index in [-0.39, 0.29) is 74.0 Å². The third-order valence-electron chi connectivity index (χ3n) is 10.3. The van der Waals surface area contributed by atoms with E-state index in [2.05, 4.69) is 71.8 Å². The molecule has 6 aromatic carbocycles. The highest BCUT2D eigenvalue weighted by Gasteiger charge is 2.20. The normalized spacial score (nSPS) is 12.8. The number of nitrogens with zero attached hydrogens (tertiary/aromatic N) is 11. The van der Waals surface area contributed by atoms with E-state index < -0.39 is 66.1 Å². The molecule has 1 heterocycles. The number of benzene rings is 6. The Bertz CT molecular complexity index is 4150. The summed E-state index contributed by atoms with van der Waals surface area (Å²) < 4.78 is 165. The van der Waals surface area contributed by atoms with Gasteiger partial charge in [-0.15, -0.1) is 10.2 Å². The summed E-state index contributed by atoms with van der Waals surface area (Å²) in [5.41, 5.74) is 2.25. The van der Waals surface area contributed by atoms with E-state index in [4.69, 9.17) is 0 Å². The monoisotopic (exact) mass is 1160 g/mol. The summed E-state index contributed by atoms with van der Waals surface area (Å²) in [6.45, 7) is 3.17. The van der Waals surface area contributed by atoms with Gasteiger partial charge in [-0.25, -0.2) is 0 Å². The van der Waals surface area contributed by atoms with Crippen LogP contribution in [0, 0.1) is 6.92 Å². The largest absolute Gasteiger partial charge is 0.353 e. The van der Waals surface area contributed by atoms with Crippen LogP contribution in [0.25, 0.3) is 0 Å². The molecule has 78 heavy (non-hydrogen) atoms. The van der Waals surface area contributed by atoms with E-state index in [9.17, 15) is 64.9 Å². The Labute approximate surface area is 444 Å². The molecule has 406 valence electrons. The topological polar surface area (TPSA) is 445 Å². The number of hydrogen-bond acceptors (Lipinski definition) is 24. The van der Waals surface area contributed by atoms with Gasteiger partial charge in [0.1, 0.15) is 21.2 Å². The van der Waals surface area contributed by atoms with E-state index in [0.717, 1.165) is 36.4 Å². The molecule has 0 aliphatic heterocycles. The van der Waals surface area contributed by atoms with Gasteiger partial charge in [-0.2, -0.15) is 87.7 Å². The van der Waals surface area contributed by atoms with Crippen LogP contribution in [0.1, 0.15) is 18.1 Å². The van der Waals surface area contributed by atoms with E-state index in [0.29, 0.717) is 34.6 Å². The second kappa shape index (κ2) is 23.5. The number of azo groups is 4. The fraction of sp³-hybridized carbons (Fsp3) is 0.114. The van der Waals surface area contributed by atoms with Gasteiger partial charge in [-0.05, 0) is 146 Å². The first kappa shape index (κ1) is 57.4. The quantitative estimate of drug-likeness (QED) is 0.0245. The van der Waals surface area contributed by atoms with Crippen LogP contribution >= 0.6 is 0 Å². The number of hydrogen-bond donors (Lipinski definition) is 8. The average Bonchev–Trinajstić information content (AvgIpc) is 3.37. The van der Waals surface area contributed by atoms with E-state index >= 15 is 0 Å². The van der Waals surface area contributed by atoms with Crippen LogP contribution in [0.5, 0.6) is 0 Å². The van der Waals surface area contributed by atoms with Crippen LogP contribution < -0.4 is 16.0 Å². The third-order valence-corrected chi connectivity index (χ3v) is 14.5. The molecule has 0 aliphatic carbocycles. The summed E-state index contributed by atoms with van der Waals surface area (Å²) in [6, 6.07) is 26.0. The zero-order valence-electron chi connectivity index (χ0n) is 39.9. The summed E-state index contributed by atoms with van der Waals surface area (Å²) in [5.74, 6) is -0.912. The molecule has 0 spiro atoms. The zero-order valence-corrected chi connectivity index (χ0v) is 44.0. The Kier molecular flexibility index (Phi) is 17.3. The van der Waals surface area contributed by atoms with Gasteiger partial charge >= 0.3 is 0 Å². The number of aryl methyl sites for hydroxylation is 2. The van der Waals surface area contributed by atoms with Crippen molar-refractivity contribution >= 4 is 125 Å². The molecule has 7 rings (SSSR count). The smallest absolute Gasteiger partial charge is 0.296 e. The SMILES string of the molecule is CCc1cc(Nc2nc(NCCS(=O)(=O)O)nc(Nc3ccc(N=Nc4ccc(N=Nc5ccc(S(=O)(=O)O)cc5)cc4S(=O)(=O)O)c(C)c3)n2)ccc1N=Nc1ccc(N=Nc2ccc(S(=O)(=O)O)cc2)cc1S(=O)(=O)O. The summed E-state index contributed by atoms with van der Waals surface area (Å²) in [5, 5.41) is 41.0. The van der Waals surface area contributed by atoms with Crippen LogP contribution in [0.15, 0.2) is 182 Å². The molecule has 29 nitrogen and oxygen atoms in total. The summed E-state index contributed by atoms with van der Waals surface area (Å²) in [7, 11) is -23.0. The highest BCUT2D eigenvalue weighted by atomic mass is 32.2. The van der Waals surface area contributed by atoms with Crippen molar-refractivity contribution < 1.29 is 64.9 Å². The van der Waals surface area contributed by atoms with Crippen molar-refractivity contribution in [2.75, 3.05) is 28.2 Å². The maximum atomic E-state index is 12.4. The lowest BCUT2D eigenvalue weighted by atomic mass is 10.1. The molecule has 0 bridgehead atoms. The predicted molar refractivity (Wildman–Crippen MR) is 280 cm³/mol. The van der Waals surface area contributed by atoms with Crippen molar-refractivity contribution in [1.29, 1.82) is 0 Å². The molecule has 0 saturated carbocycles. The average molecular weight is 1170 g/mol. The molecule has 0 unspecified atom stereocenters. The van der Waals surface area contributed by atoms with Crippen molar-refractivity contribution in [3.8, 4) is 0 Å². The summed E-state index contributed by atoms with van der Waals surface area (Å²) in [4.78, 5) is 11.0. The van der Waals surface area contributed by atoms with E-state index in [1.807, 2.05) is 6.92 Å². The minimum absolute atomic E-state index is 0.0229. The highest BCUT2D eigenvalue weighted by Crippen LogP contribution is 2.35. The minimum Gasteiger partial charge on any atom is -0.353 e. The molecule has 0 aliphatic rings. The number of nitrogens with one attached hydrogen (secondary N) is 3. The number of rotatable bonds is 21. The van der Waals surface area contributed by atoms with Crippen LogP contribution in [0.4, 0.5) is 74.7 Å². The van der Waals surface area contributed by atoms with Gasteiger partial charge in [0.2, 0.25) is 17.8 Å². The Morgan fingerprint density at radius 2 is 0.808 bits per heavy atom. The third kappa shape index (κ3) is 16.1. The molecule has 0 saturated heterocycles. The van der Waals surface area contributed by atoms with Crippen molar-refractivity contribution in [2.45, 2.75) is 39.9 Å².